The summed E-state index contributed by atoms with van der Waals surface area (Å²) >= 11 is 6.23. The van der Waals surface area contributed by atoms with Crippen LogP contribution < -0.4 is 19.7 Å². The molecule has 0 atom stereocenters. The molecule has 0 spiro atoms. The van der Waals surface area contributed by atoms with Crippen LogP contribution in [-0.2, 0) is 9.47 Å². The van der Waals surface area contributed by atoms with Crippen LogP contribution in [0, 0.1) is 0 Å². The van der Waals surface area contributed by atoms with E-state index in [0.717, 1.165) is 50.5 Å². The molecule has 1 N–H and O–H groups in total. The number of halogens is 1. The number of morpholine rings is 1. The third-order valence-corrected chi connectivity index (χ3v) is 5.23. The van der Waals surface area contributed by atoms with Gasteiger partial charge in [-0.3, -0.25) is 0 Å². The van der Waals surface area contributed by atoms with E-state index in [1.165, 1.54) is 0 Å². The van der Waals surface area contributed by atoms with Gasteiger partial charge in [0.1, 0.15) is 16.9 Å². The van der Waals surface area contributed by atoms with E-state index in [-0.39, 0.29) is 6.10 Å². The summed E-state index contributed by atoms with van der Waals surface area (Å²) in [5.41, 5.74) is 1.86. The molecule has 0 amide bonds. The molecule has 1 aromatic carbocycles. The van der Waals surface area contributed by atoms with Crippen molar-refractivity contribution < 1.29 is 18.9 Å². The number of nitrogens with zero attached hydrogens (tertiary/aromatic N) is 3. The average Bonchev–Trinajstić information content (AvgIpc) is 2.77. The van der Waals surface area contributed by atoms with Crippen LogP contribution in [0.15, 0.2) is 24.4 Å². The monoisotopic (exact) mass is 420 g/mol. The fourth-order valence-electron chi connectivity index (χ4n) is 3.37. The molecule has 0 radical (unpaired) electrons. The van der Waals surface area contributed by atoms with Crippen molar-refractivity contribution in [3.05, 3.63) is 29.4 Å². The lowest BCUT2D eigenvalue weighted by Gasteiger charge is -2.29. The summed E-state index contributed by atoms with van der Waals surface area (Å²) in [6, 6.07) is 6.01. The van der Waals surface area contributed by atoms with Gasteiger partial charge in [-0.25, -0.2) is 4.98 Å². The summed E-state index contributed by atoms with van der Waals surface area (Å²) in [4.78, 5) is 11.0. The fraction of sp³-hybridized carbons (Fsp3) is 0.500. The summed E-state index contributed by atoms with van der Waals surface area (Å²) in [5.74, 6) is 1.48. The zero-order valence-corrected chi connectivity index (χ0v) is 17.2. The standard InChI is InChI=1S/C20H25ClN4O4/c1-26-18-12-14(25-6-10-28-11-7-25)2-3-17(18)23-20-22-13-16(21)19(24-20)29-15-4-8-27-9-5-15/h2-3,12-13,15H,4-11H2,1H3,(H,22,23,24). The van der Waals surface area contributed by atoms with Crippen LogP contribution in [0.1, 0.15) is 12.8 Å². The normalized spacial score (nSPS) is 17.8. The predicted octanol–water partition coefficient (Wildman–Crippen LogP) is 3.28. The number of ether oxygens (including phenoxy) is 4. The summed E-state index contributed by atoms with van der Waals surface area (Å²) < 4.78 is 22.3. The van der Waals surface area contributed by atoms with Crippen molar-refractivity contribution in [2.24, 2.45) is 0 Å². The maximum absolute atomic E-state index is 6.23. The van der Waals surface area contributed by atoms with Crippen molar-refractivity contribution in [3.8, 4) is 11.6 Å². The number of aromatic nitrogens is 2. The number of anilines is 3. The van der Waals surface area contributed by atoms with Crippen molar-refractivity contribution in [1.82, 2.24) is 9.97 Å². The quantitative estimate of drug-likeness (QED) is 0.762. The van der Waals surface area contributed by atoms with E-state index in [9.17, 15) is 0 Å². The second-order valence-corrected chi connectivity index (χ2v) is 7.29. The van der Waals surface area contributed by atoms with Crippen molar-refractivity contribution >= 4 is 28.9 Å². The summed E-state index contributed by atoms with van der Waals surface area (Å²) in [7, 11) is 1.64. The first-order valence-electron chi connectivity index (χ1n) is 9.77. The lowest BCUT2D eigenvalue weighted by Crippen LogP contribution is -2.36. The van der Waals surface area contributed by atoms with Crippen molar-refractivity contribution in [1.29, 1.82) is 0 Å². The van der Waals surface area contributed by atoms with Crippen LogP contribution in [0.25, 0.3) is 0 Å². The van der Waals surface area contributed by atoms with Gasteiger partial charge in [0.2, 0.25) is 11.8 Å². The third kappa shape index (κ3) is 5.01. The highest BCUT2D eigenvalue weighted by Gasteiger charge is 2.19. The molecule has 156 valence electrons. The van der Waals surface area contributed by atoms with E-state index < -0.39 is 0 Å². The Bertz CT molecular complexity index is 826. The maximum Gasteiger partial charge on any atom is 0.237 e. The molecule has 2 aliphatic heterocycles. The van der Waals surface area contributed by atoms with Crippen LogP contribution in [0.5, 0.6) is 11.6 Å². The Hall–Kier alpha value is -2.29. The summed E-state index contributed by atoms with van der Waals surface area (Å²) in [5, 5.41) is 3.59. The SMILES string of the molecule is COc1cc(N2CCOCC2)ccc1Nc1ncc(Cl)c(OC2CCOCC2)n1. The van der Waals surface area contributed by atoms with Gasteiger partial charge in [-0.2, -0.15) is 4.98 Å². The molecule has 0 saturated carbocycles. The van der Waals surface area contributed by atoms with Crippen molar-refractivity contribution in [2.75, 3.05) is 56.8 Å². The highest BCUT2D eigenvalue weighted by atomic mass is 35.5. The Kier molecular flexibility index (Phi) is 6.53. The van der Waals surface area contributed by atoms with Crippen LogP contribution in [0.4, 0.5) is 17.3 Å². The Morgan fingerprint density at radius 3 is 2.66 bits per heavy atom. The van der Waals surface area contributed by atoms with Crippen LogP contribution in [-0.4, -0.2) is 62.7 Å². The van der Waals surface area contributed by atoms with Gasteiger partial charge >= 0.3 is 0 Å². The average molecular weight is 421 g/mol. The smallest absolute Gasteiger partial charge is 0.237 e. The minimum Gasteiger partial charge on any atom is -0.494 e. The van der Waals surface area contributed by atoms with Gasteiger partial charge in [-0.1, -0.05) is 11.6 Å². The molecule has 0 unspecified atom stereocenters. The van der Waals surface area contributed by atoms with Crippen LogP contribution >= 0.6 is 11.6 Å². The van der Waals surface area contributed by atoms with Gasteiger partial charge in [0.05, 0.1) is 45.4 Å². The highest BCUT2D eigenvalue weighted by Crippen LogP contribution is 2.33. The number of methoxy groups -OCH3 is 1. The van der Waals surface area contributed by atoms with Gasteiger partial charge in [0.25, 0.3) is 0 Å². The second-order valence-electron chi connectivity index (χ2n) is 6.89. The number of hydrogen-bond donors (Lipinski definition) is 1. The topological polar surface area (TPSA) is 78.0 Å². The molecule has 2 saturated heterocycles. The lowest BCUT2D eigenvalue weighted by molar-refractivity contribution is 0.0238. The largest absolute Gasteiger partial charge is 0.494 e. The summed E-state index contributed by atoms with van der Waals surface area (Å²) in [6.45, 7) is 4.57. The van der Waals surface area contributed by atoms with E-state index in [1.54, 1.807) is 13.3 Å². The molecule has 8 nitrogen and oxygen atoms in total. The van der Waals surface area contributed by atoms with Gasteiger partial charge < -0.3 is 29.2 Å². The summed E-state index contributed by atoms with van der Waals surface area (Å²) in [6.07, 6.45) is 3.23. The van der Waals surface area contributed by atoms with Crippen LogP contribution in [0.2, 0.25) is 5.02 Å². The van der Waals surface area contributed by atoms with Crippen molar-refractivity contribution in [3.63, 3.8) is 0 Å². The first-order valence-corrected chi connectivity index (χ1v) is 10.2. The molecule has 2 fully saturated rings. The molecule has 9 heteroatoms. The Morgan fingerprint density at radius 1 is 1.14 bits per heavy atom. The molecule has 1 aromatic heterocycles. The van der Waals surface area contributed by atoms with Crippen molar-refractivity contribution in [2.45, 2.75) is 18.9 Å². The molecule has 2 aromatic rings. The number of benzene rings is 1. The number of nitrogens with one attached hydrogen (secondary N) is 1. The van der Waals surface area contributed by atoms with E-state index in [1.807, 2.05) is 18.2 Å². The van der Waals surface area contributed by atoms with E-state index in [4.69, 9.17) is 30.5 Å². The molecule has 4 rings (SSSR count). The molecule has 0 aliphatic carbocycles. The maximum atomic E-state index is 6.23. The van der Waals surface area contributed by atoms with Crippen LogP contribution in [0.3, 0.4) is 0 Å². The fourth-order valence-corrected chi connectivity index (χ4v) is 3.50. The molecule has 0 bridgehead atoms. The minimum atomic E-state index is 0.0475. The highest BCUT2D eigenvalue weighted by molar-refractivity contribution is 6.31. The first-order chi connectivity index (χ1) is 14.2. The van der Waals surface area contributed by atoms with Gasteiger partial charge in [0.15, 0.2) is 0 Å². The lowest BCUT2D eigenvalue weighted by atomic mass is 10.2. The van der Waals surface area contributed by atoms with Gasteiger partial charge in [-0.15, -0.1) is 0 Å². The zero-order valence-electron chi connectivity index (χ0n) is 16.4. The van der Waals surface area contributed by atoms with Gasteiger partial charge in [-0.05, 0) is 12.1 Å². The minimum absolute atomic E-state index is 0.0475. The molecular weight excluding hydrogens is 396 g/mol. The zero-order chi connectivity index (χ0) is 20.1. The second kappa shape index (κ2) is 9.47. The van der Waals surface area contributed by atoms with E-state index >= 15 is 0 Å². The van der Waals surface area contributed by atoms with Gasteiger partial charge in [0, 0.05) is 37.7 Å². The Labute approximate surface area is 175 Å². The molecular formula is C20H25ClN4O4. The van der Waals surface area contributed by atoms with E-state index in [0.29, 0.717) is 35.8 Å². The third-order valence-electron chi connectivity index (χ3n) is 4.97. The molecule has 29 heavy (non-hydrogen) atoms. The van der Waals surface area contributed by atoms with E-state index in [2.05, 4.69) is 20.2 Å². The Morgan fingerprint density at radius 2 is 1.90 bits per heavy atom. The number of rotatable bonds is 6. The number of hydrogen-bond acceptors (Lipinski definition) is 8. The Balaban J connectivity index is 1.49. The molecule has 2 aliphatic rings. The first kappa shape index (κ1) is 20.0. The molecule has 3 heterocycles. The predicted molar refractivity (Wildman–Crippen MR) is 111 cm³/mol.